The monoisotopic (exact) mass is 207 g/mol. The van der Waals surface area contributed by atoms with Gasteiger partial charge in [-0.3, -0.25) is 4.98 Å². The van der Waals surface area contributed by atoms with Gasteiger partial charge in [0.15, 0.2) is 0 Å². The van der Waals surface area contributed by atoms with E-state index < -0.39 is 0 Å². The van der Waals surface area contributed by atoms with Crippen molar-refractivity contribution in [2.45, 2.75) is 20.8 Å². The molecule has 0 atom stereocenters. The molecule has 0 fully saturated rings. The molecule has 0 aliphatic rings. The minimum atomic E-state index is 1.02. The van der Waals surface area contributed by atoms with Gasteiger partial charge in [-0.2, -0.15) is 0 Å². The van der Waals surface area contributed by atoms with E-state index >= 15 is 0 Å². The van der Waals surface area contributed by atoms with Crippen LogP contribution < -0.4 is 10.2 Å². The molecule has 0 spiro atoms. The first-order valence-corrected chi connectivity index (χ1v) is 5.66. The van der Waals surface area contributed by atoms with Gasteiger partial charge in [-0.05, 0) is 32.5 Å². The molecule has 1 aromatic rings. The van der Waals surface area contributed by atoms with Gasteiger partial charge in [0, 0.05) is 25.3 Å². The van der Waals surface area contributed by atoms with Crippen molar-refractivity contribution in [2.75, 3.05) is 31.1 Å². The van der Waals surface area contributed by atoms with E-state index in [1.54, 1.807) is 0 Å². The third-order valence-electron chi connectivity index (χ3n) is 2.45. The van der Waals surface area contributed by atoms with Gasteiger partial charge in [0.25, 0.3) is 0 Å². The van der Waals surface area contributed by atoms with Crippen LogP contribution >= 0.6 is 0 Å². The second kappa shape index (κ2) is 6.40. The van der Waals surface area contributed by atoms with E-state index in [-0.39, 0.29) is 0 Å². The fourth-order valence-electron chi connectivity index (χ4n) is 1.51. The van der Waals surface area contributed by atoms with Gasteiger partial charge >= 0.3 is 0 Å². The maximum atomic E-state index is 4.31. The number of hydrogen-bond acceptors (Lipinski definition) is 3. The van der Waals surface area contributed by atoms with Gasteiger partial charge in [-0.15, -0.1) is 0 Å². The van der Waals surface area contributed by atoms with E-state index in [1.165, 1.54) is 5.69 Å². The van der Waals surface area contributed by atoms with Gasteiger partial charge in [0.1, 0.15) is 0 Å². The van der Waals surface area contributed by atoms with Crippen molar-refractivity contribution in [1.82, 2.24) is 10.3 Å². The predicted molar refractivity (Wildman–Crippen MR) is 65.4 cm³/mol. The summed E-state index contributed by atoms with van der Waals surface area (Å²) in [6.07, 6.45) is 1.95. The highest BCUT2D eigenvalue weighted by Gasteiger charge is 2.02. The molecule has 0 saturated heterocycles. The van der Waals surface area contributed by atoms with E-state index in [0.29, 0.717) is 0 Å². The van der Waals surface area contributed by atoms with Crippen LogP contribution in [0.4, 0.5) is 5.69 Å². The van der Waals surface area contributed by atoms with E-state index in [9.17, 15) is 0 Å². The van der Waals surface area contributed by atoms with Crippen LogP contribution in [0.2, 0.25) is 0 Å². The summed E-state index contributed by atoms with van der Waals surface area (Å²) in [6.45, 7) is 10.4. The van der Waals surface area contributed by atoms with Crippen LogP contribution in [0.3, 0.4) is 0 Å². The first-order valence-electron chi connectivity index (χ1n) is 5.66. The summed E-state index contributed by atoms with van der Waals surface area (Å²) >= 11 is 0. The fourth-order valence-corrected chi connectivity index (χ4v) is 1.51. The Bertz CT molecular complexity index is 269. The highest BCUT2D eigenvalue weighted by molar-refractivity contribution is 5.44. The Balaban J connectivity index is 2.53. The first kappa shape index (κ1) is 12.0. The number of rotatable bonds is 6. The van der Waals surface area contributed by atoms with Gasteiger partial charge in [-0.1, -0.05) is 6.92 Å². The Kier molecular flexibility index (Phi) is 5.12. The smallest absolute Gasteiger partial charge is 0.0553 e. The van der Waals surface area contributed by atoms with Gasteiger partial charge in [0.2, 0.25) is 0 Å². The molecular weight excluding hydrogens is 186 g/mol. The average Bonchev–Trinajstić information content (AvgIpc) is 2.26. The lowest BCUT2D eigenvalue weighted by molar-refractivity contribution is 0.687. The van der Waals surface area contributed by atoms with Crippen LogP contribution in [-0.2, 0) is 0 Å². The van der Waals surface area contributed by atoms with Crippen LogP contribution in [0.5, 0.6) is 0 Å². The molecule has 0 unspecified atom stereocenters. The van der Waals surface area contributed by atoms with Crippen LogP contribution in [0, 0.1) is 6.92 Å². The molecule has 1 rings (SSSR count). The highest BCUT2D eigenvalue weighted by atomic mass is 15.1. The second-order valence-electron chi connectivity index (χ2n) is 3.59. The van der Waals surface area contributed by atoms with Crippen LogP contribution in [0.25, 0.3) is 0 Å². The van der Waals surface area contributed by atoms with Gasteiger partial charge in [-0.25, -0.2) is 0 Å². The Morgan fingerprint density at radius 2 is 2.13 bits per heavy atom. The first-order chi connectivity index (χ1) is 7.27. The average molecular weight is 207 g/mol. The molecule has 1 heterocycles. The number of hydrogen-bond donors (Lipinski definition) is 1. The number of nitrogens with zero attached hydrogens (tertiary/aromatic N) is 2. The molecule has 0 aliphatic carbocycles. The molecule has 1 N–H and O–H groups in total. The highest BCUT2D eigenvalue weighted by Crippen LogP contribution is 2.11. The lowest BCUT2D eigenvalue weighted by Gasteiger charge is -2.22. The topological polar surface area (TPSA) is 28.2 Å². The van der Waals surface area contributed by atoms with Gasteiger partial charge in [0.05, 0.1) is 11.9 Å². The van der Waals surface area contributed by atoms with Crippen LogP contribution in [0.1, 0.15) is 19.5 Å². The van der Waals surface area contributed by atoms with Crippen molar-refractivity contribution in [3.05, 3.63) is 24.0 Å². The van der Waals surface area contributed by atoms with Crippen molar-refractivity contribution in [3.63, 3.8) is 0 Å². The largest absolute Gasteiger partial charge is 0.369 e. The maximum Gasteiger partial charge on any atom is 0.0553 e. The fraction of sp³-hybridized carbons (Fsp3) is 0.583. The summed E-state index contributed by atoms with van der Waals surface area (Å²) in [5.41, 5.74) is 2.28. The maximum absolute atomic E-state index is 4.31. The Morgan fingerprint density at radius 3 is 2.67 bits per heavy atom. The SMILES string of the molecule is CCNCCN(CC)c1ccc(C)nc1. The summed E-state index contributed by atoms with van der Waals surface area (Å²) < 4.78 is 0. The van der Waals surface area contributed by atoms with Crippen molar-refractivity contribution in [3.8, 4) is 0 Å². The zero-order chi connectivity index (χ0) is 11.1. The number of nitrogens with one attached hydrogen (secondary N) is 1. The second-order valence-corrected chi connectivity index (χ2v) is 3.59. The molecule has 0 aliphatic heterocycles. The lowest BCUT2D eigenvalue weighted by atomic mass is 10.3. The molecule has 0 saturated carbocycles. The van der Waals surface area contributed by atoms with Gasteiger partial charge < -0.3 is 10.2 Å². The zero-order valence-corrected chi connectivity index (χ0v) is 9.95. The van der Waals surface area contributed by atoms with Crippen molar-refractivity contribution in [1.29, 1.82) is 0 Å². The van der Waals surface area contributed by atoms with Crippen LogP contribution in [0.15, 0.2) is 18.3 Å². The lowest BCUT2D eigenvalue weighted by Crippen LogP contribution is -2.31. The predicted octanol–water partition coefficient (Wildman–Crippen LogP) is 1.83. The normalized spacial score (nSPS) is 10.3. The Labute approximate surface area is 92.5 Å². The summed E-state index contributed by atoms with van der Waals surface area (Å²) in [7, 11) is 0. The number of pyridine rings is 1. The van der Waals surface area contributed by atoms with Crippen molar-refractivity contribution < 1.29 is 0 Å². The molecule has 0 radical (unpaired) electrons. The summed E-state index contributed by atoms with van der Waals surface area (Å²) in [4.78, 5) is 6.64. The number of anilines is 1. The van der Waals surface area contributed by atoms with E-state index in [2.05, 4.69) is 41.2 Å². The molecule has 15 heavy (non-hydrogen) atoms. The molecule has 3 nitrogen and oxygen atoms in total. The minimum Gasteiger partial charge on any atom is -0.369 e. The molecular formula is C12H21N3. The quantitative estimate of drug-likeness (QED) is 0.721. The summed E-state index contributed by atoms with van der Waals surface area (Å²) in [6, 6.07) is 4.20. The standard InChI is InChI=1S/C12H21N3/c1-4-13-8-9-15(5-2)12-7-6-11(3)14-10-12/h6-7,10,13H,4-5,8-9H2,1-3H3. The molecule has 0 amide bonds. The number of aryl methyl sites for hydroxylation is 1. The molecule has 0 aromatic carbocycles. The molecule has 0 bridgehead atoms. The number of aromatic nitrogens is 1. The van der Waals surface area contributed by atoms with E-state index in [0.717, 1.165) is 31.9 Å². The third kappa shape index (κ3) is 3.88. The zero-order valence-electron chi connectivity index (χ0n) is 9.95. The summed E-state index contributed by atoms with van der Waals surface area (Å²) in [5.74, 6) is 0. The molecule has 3 heteroatoms. The Morgan fingerprint density at radius 1 is 1.33 bits per heavy atom. The molecule has 84 valence electrons. The van der Waals surface area contributed by atoms with E-state index in [4.69, 9.17) is 0 Å². The molecule has 1 aromatic heterocycles. The van der Waals surface area contributed by atoms with Crippen molar-refractivity contribution in [2.24, 2.45) is 0 Å². The summed E-state index contributed by atoms with van der Waals surface area (Å²) in [5, 5.41) is 3.33. The third-order valence-corrected chi connectivity index (χ3v) is 2.45. The van der Waals surface area contributed by atoms with E-state index in [1.807, 2.05) is 13.1 Å². The minimum absolute atomic E-state index is 1.02. The Hall–Kier alpha value is -1.09. The van der Waals surface area contributed by atoms with Crippen LogP contribution in [-0.4, -0.2) is 31.2 Å². The van der Waals surface area contributed by atoms with Crippen molar-refractivity contribution >= 4 is 5.69 Å². The number of likely N-dealkylation sites (N-methyl/N-ethyl adjacent to an activating group) is 2.